The molecule has 0 spiro atoms. The van der Waals surface area contributed by atoms with Gasteiger partial charge in [-0.25, -0.2) is 0 Å². The average molecular weight is 403 g/mol. The van der Waals surface area contributed by atoms with E-state index in [0.29, 0.717) is 41.8 Å². The Morgan fingerprint density at radius 3 is 2.68 bits per heavy atom. The van der Waals surface area contributed by atoms with E-state index in [1.165, 1.54) is 18.2 Å². The summed E-state index contributed by atoms with van der Waals surface area (Å²) >= 11 is 3.36. The van der Waals surface area contributed by atoms with Crippen molar-refractivity contribution < 1.29 is 14.5 Å². The zero-order chi connectivity index (χ0) is 18.1. The molecule has 0 saturated carbocycles. The first-order valence-electron chi connectivity index (χ1n) is 7.78. The first-order valence-corrected chi connectivity index (χ1v) is 8.57. The first-order chi connectivity index (χ1) is 11.9. The van der Waals surface area contributed by atoms with E-state index < -0.39 is 4.92 Å². The highest BCUT2D eigenvalue weighted by Gasteiger charge is 2.27. The van der Waals surface area contributed by atoms with Crippen molar-refractivity contribution in [3.8, 4) is 0 Å². The van der Waals surface area contributed by atoms with Crippen molar-refractivity contribution in [2.24, 2.45) is 0 Å². The SMILES string of the molecule is Cc1cc([N+](=O)[O-])ccc1C(=O)N1CCCC(=O)c2cc(Br)ccc21. The Morgan fingerprint density at radius 2 is 2.00 bits per heavy atom. The molecule has 0 bridgehead atoms. The predicted molar refractivity (Wildman–Crippen MR) is 97.2 cm³/mol. The second kappa shape index (κ2) is 6.76. The molecule has 1 heterocycles. The zero-order valence-corrected chi connectivity index (χ0v) is 15.1. The third-order valence-electron chi connectivity index (χ3n) is 4.23. The van der Waals surface area contributed by atoms with E-state index in [0.717, 1.165) is 4.47 Å². The van der Waals surface area contributed by atoms with Crippen molar-refractivity contribution in [1.29, 1.82) is 0 Å². The first kappa shape index (κ1) is 17.3. The number of benzene rings is 2. The van der Waals surface area contributed by atoms with Gasteiger partial charge < -0.3 is 4.90 Å². The van der Waals surface area contributed by atoms with Gasteiger partial charge >= 0.3 is 0 Å². The molecule has 1 amide bonds. The Labute approximate surface area is 152 Å². The van der Waals surface area contributed by atoms with Crippen LogP contribution in [0.4, 0.5) is 11.4 Å². The standard InChI is InChI=1S/C18H15BrN2O4/c1-11-9-13(21(24)25)5-6-14(11)18(23)20-8-2-3-17(22)15-10-12(19)4-7-16(15)20/h4-7,9-10H,2-3,8H2,1H3. The number of anilines is 1. The van der Waals surface area contributed by atoms with Gasteiger partial charge in [0.2, 0.25) is 0 Å². The van der Waals surface area contributed by atoms with E-state index >= 15 is 0 Å². The monoisotopic (exact) mass is 402 g/mol. The fourth-order valence-corrected chi connectivity index (χ4v) is 3.34. The number of carbonyl (C=O) groups excluding carboxylic acids is 2. The van der Waals surface area contributed by atoms with Gasteiger partial charge in [0.1, 0.15) is 0 Å². The normalized spacial score (nSPS) is 14.0. The lowest BCUT2D eigenvalue weighted by molar-refractivity contribution is -0.384. The molecule has 0 unspecified atom stereocenters. The van der Waals surface area contributed by atoms with Crippen molar-refractivity contribution in [1.82, 2.24) is 0 Å². The number of rotatable bonds is 2. The third-order valence-corrected chi connectivity index (χ3v) is 4.72. The lowest BCUT2D eigenvalue weighted by Crippen LogP contribution is -2.32. The Hall–Kier alpha value is -2.54. The van der Waals surface area contributed by atoms with Crippen LogP contribution in [-0.2, 0) is 0 Å². The summed E-state index contributed by atoms with van der Waals surface area (Å²) in [5.74, 6) is -0.252. The number of nitro groups is 1. The van der Waals surface area contributed by atoms with Crippen LogP contribution in [0, 0.1) is 17.0 Å². The lowest BCUT2D eigenvalue weighted by Gasteiger charge is -2.23. The number of nitrogens with zero attached hydrogens (tertiary/aromatic N) is 2. The summed E-state index contributed by atoms with van der Waals surface area (Å²) in [4.78, 5) is 37.3. The maximum Gasteiger partial charge on any atom is 0.269 e. The van der Waals surface area contributed by atoms with Crippen LogP contribution in [0.25, 0.3) is 0 Å². The number of aryl methyl sites for hydroxylation is 1. The molecule has 1 aliphatic rings. The molecular weight excluding hydrogens is 388 g/mol. The van der Waals surface area contributed by atoms with Gasteiger partial charge in [-0.05, 0) is 43.2 Å². The van der Waals surface area contributed by atoms with Crippen molar-refractivity contribution in [3.63, 3.8) is 0 Å². The summed E-state index contributed by atoms with van der Waals surface area (Å²) in [6.45, 7) is 2.10. The quantitative estimate of drug-likeness (QED) is 0.554. The van der Waals surface area contributed by atoms with Gasteiger partial charge in [0.25, 0.3) is 11.6 Å². The molecule has 2 aromatic carbocycles. The molecule has 6 nitrogen and oxygen atoms in total. The highest BCUT2D eigenvalue weighted by molar-refractivity contribution is 9.10. The van der Waals surface area contributed by atoms with E-state index in [2.05, 4.69) is 15.9 Å². The minimum atomic E-state index is -0.487. The van der Waals surface area contributed by atoms with Crippen LogP contribution in [0.15, 0.2) is 40.9 Å². The Balaban J connectivity index is 2.04. The zero-order valence-electron chi connectivity index (χ0n) is 13.5. The minimum Gasteiger partial charge on any atom is -0.308 e. The van der Waals surface area contributed by atoms with Gasteiger partial charge in [-0.2, -0.15) is 0 Å². The largest absolute Gasteiger partial charge is 0.308 e. The van der Waals surface area contributed by atoms with E-state index in [-0.39, 0.29) is 17.4 Å². The van der Waals surface area contributed by atoms with Crippen LogP contribution in [0.3, 0.4) is 0 Å². The van der Waals surface area contributed by atoms with Crippen LogP contribution >= 0.6 is 15.9 Å². The molecule has 0 atom stereocenters. The second-order valence-corrected chi connectivity index (χ2v) is 6.82. The maximum absolute atomic E-state index is 13.0. The summed E-state index contributed by atoms with van der Waals surface area (Å²) in [5, 5.41) is 10.9. The van der Waals surface area contributed by atoms with Crippen molar-refractivity contribution in [3.05, 3.63) is 67.7 Å². The van der Waals surface area contributed by atoms with Crippen molar-refractivity contribution in [2.45, 2.75) is 19.8 Å². The highest BCUT2D eigenvalue weighted by atomic mass is 79.9. The summed E-state index contributed by atoms with van der Waals surface area (Å²) < 4.78 is 0.778. The molecular formula is C18H15BrN2O4. The minimum absolute atomic E-state index is 0.00650. The fraction of sp³-hybridized carbons (Fsp3) is 0.222. The van der Waals surface area contributed by atoms with Gasteiger partial charge in [-0.1, -0.05) is 15.9 Å². The number of halogens is 1. The van der Waals surface area contributed by atoms with Gasteiger partial charge in [-0.3, -0.25) is 19.7 Å². The number of fused-ring (bicyclic) bond motifs is 1. The van der Waals surface area contributed by atoms with E-state index in [1.807, 2.05) is 0 Å². The molecule has 128 valence electrons. The van der Waals surface area contributed by atoms with Crippen LogP contribution in [0.2, 0.25) is 0 Å². The smallest absolute Gasteiger partial charge is 0.269 e. The Morgan fingerprint density at radius 1 is 1.24 bits per heavy atom. The van der Waals surface area contributed by atoms with Gasteiger partial charge in [0.05, 0.1) is 10.6 Å². The van der Waals surface area contributed by atoms with Crippen LogP contribution < -0.4 is 4.90 Å². The topological polar surface area (TPSA) is 80.5 Å². The maximum atomic E-state index is 13.0. The predicted octanol–water partition coefficient (Wildman–Crippen LogP) is 4.29. The lowest BCUT2D eigenvalue weighted by atomic mass is 10.0. The third kappa shape index (κ3) is 3.32. The summed E-state index contributed by atoms with van der Waals surface area (Å²) in [7, 11) is 0. The number of Topliss-reactive ketones (excluding diaryl/α,β-unsaturated/α-hetero) is 1. The molecule has 25 heavy (non-hydrogen) atoms. The highest BCUT2D eigenvalue weighted by Crippen LogP contribution is 2.31. The van der Waals surface area contributed by atoms with Crippen LogP contribution in [0.1, 0.15) is 39.1 Å². The summed E-state index contributed by atoms with van der Waals surface area (Å²) in [5.41, 5.74) is 1.97. The molecule has 1 aliphatic heterocycles. The molecule has 0 saturated heterocycles. The molecule has 0 N–H and O–H groups in total. The molecule has 0 fully saturated rings. The van der Waals surface area contributed by atoms with Gasteiger partial charge in [0, 0.05) is 40.7 Å². The summed E-state index contributed by atoms with van der Waals surface area (Å²) in [6.07, 6.45) is 0.954. The Bertz CT molecular complexity index is 895. The molecule has 2 aromatic rings. The van der Waals surface area contributed by atoms with Gasteiger partial charge in [-0.15, -0.1) is 0 Å². The number of hydrogen-bond donors (Lipinski definition) is 0. The van der Waals surface area contributed by atoms with Crippen LogP contribution in [-0.4, -0.2) is 23.2 Å². The fourth-order valence-electron chi connectivity index (χ4n) is 2.98. The molecule has 0 aliphatic carbocycles. The molecule has 0 radical (unpaired) electrons. The molecule has 7 heteroatoms. The number of hydrogen-bond acceptors (Lipinski definition) is 4. The molecule has 3 rings (SSSR count). The van der Waals surface area contributed by atoms with E-state index in [1.54, 1.807) is 30.0 Å². The number of ketones is 1. The number of carbonyl (C=O) groups is 2. The Kier molecular flexibility index (Phi) is 4.67. The van der Waals surface area contributed by atoms with E-state index in [4.69, 9.17) is 0 Å². The number of nitro benzene ring substituents is 1. The molecule has 0 aromatic heterocycles. The van der Waals surface area contributed by atoms with E-state index in [9.17, 15) is 19.7 Å². The summed E-state index contributed by atoms with van der Waals surface area (Å²) in [6, 6.07) is 9.46. The average Bonchev–Trinajstić information content (AvgIpc) is 2.73. The second-order valence-electron chi connectivity index (χ2n) is 5.90. The van der Waals surface area contributed by atoms with Gasteiger partial charge in [0.15, 0.2) is 5.78 Å². The van der Waals surface area contributed by atoms with Crippen molar-refractivity contribution in [2.75, 3.05) is 11.4 Å². The number of non-ortho nitro benzene ring substituents is 1. The van der Waals surface area contributed by atoms with Crippen molar-refractivity contribution >= 4 is 39.0 Å². The van der Waals surface area contributed by atoms with Crippen LogP contribution in [0.5, 0.6) is 0 Å². The number of amides is 1.